The lowest BCUT2D eigenvalue weighted by Crippen LogP contribution is -2.10. The molecule has 0 atom stereocenters. The van der Waals surface area contributed by atoms with E-state index in [-0.39, 0.29) is 6.10 Å². The number of hydrogen-bond acceptors (Lipinski definition) is 2. The van der Waals surface area contributed by atoms with E-state index in [9.17, 15) is 0 Å². The fourth-order valence-electron chi connectivity index (χ4n) is 2.07. The molecule has 0 aromatic heterocycles. The molecular formula is C17H15NO. The van der Waals surface area contributed by atoms with Crippen molar-refractivity contribution in [1.82, 2.24) is 0 Å². The van der Waals surface area contributed by atoms with Crippen LogP contribution >= 0.6 is 0 Å². The van der Waals surface area contributed by atoms with Gasteiger partial charge in [0.15, 0.2) is 6.10 Å². The summed E-state index contributed by atoms with van der Waals surface area (Å²) in [5, 5.41) is 0. The number of ether oxygens (including phenoxy) is 1. The highest BCUT2D eigenvalue weighted by atomic mass is 16.5. The average molecular weight is 249 g/mol. The molecule has 0 N–H and O–H groups in total. The summed E-state index contributed by atoms with van der Waals surface area (Å²) in [6.45, 7) is 2.01. The van der Waals surface area contributed by atoms with Crippen LogP contribution in [-0.4, -0.2) is 6.21 Å². The Morgan fingerprint density at radius 2 is 1.37 bits per heavy atom. The molecule has 2 nitrogen and oxygen atoms in total. The number of benzene rings is 2. The zero-order chi connectivity index (χ0) is 13.1. The maximum absolute atomic E-state index is 6.05. The van der Waals surface area contributed by atoms with E-state index < -0.39 is 0 Å². The van der Waals surface area contributed by atoms with Crippen LogP contribution in [0.2, 0.25) is 0 Å². The summed E-state index contributed by atoms with van der Waals surface area (Å²) < 4.78 is 6.05. The van der Waals surface area contributed by atoms with E-state index in [0.717, 1.165) is 22.6 Å². The van der Waals surface area contributed by atoms with Gasteiger partial charge in [0.1, 0.15) is 0 Å². The Morgan fingerprint density at radius 3 is 1.74 bits per heavy atom. The second-order valence-corrected chi connectivity index (χ2v) is 4.57. The molecule has 0 amide bonds. The number of aliphatic imine (C=N–C) groups is 1. The van der Waals surface area contributed by atoms with Gasteiger partial charge in [-0.3, -0.25) is 0 Å². The van der Waals surface area contributed by atoms with Crippen molar-refractivity contribution < 1.29 is 4.74 Å². The van der Waals surface area contributed by atoms with Crippen molar-refractivity contribution in [3.8, 4) is 0 Å². The normalized spacial score (nSPS) is 13.6. The Kier molecular flexibility index (Phi) is 3.15. The van der Waals surface area contributed by atoms with Gasteiger partial charge < -0.3 is 4.74 Å². The van der Waals surface area contributed by atoms with Gasteiger partial charge in [0.05, 0.1) is 0 Å². The van der Waals surface area contributed by atoms with E-state index in [2.05, 4.69) is 29.3 Å². The Morgan fingerprint density at radius 1 is 0.842 bits per heavy atom. The van der Waals surface area contributed by atoms with Gasteiger partial charge >= 0.3 is 0 Å². The summed E-state index contributed by atoms with van der Waals surface area (Å²) >= 11 is 0. The molecule has 0 unspecified atom stereocenters. The first-order chi connectivity index (χ1) is 9.34. The smallest absolute Gasteiger partial charge is 0.218 e. The van der Waals surface area contributed by atoms with E-state index in [4.69, 9.17) is 4.74 Å². The van der Waals surface area contributed by atoms with Crippen LogP contribution in [0.15, 0.2) is 77.1 Å². The van der Waals surface area contributed by atoms with E-state index in [1.807, 2.05) is 49.5 Å². The minimum Gasteiger partial charge on any atom is -0.464 e. The molecule has 94 valence electrons. The zero-order valence-electron chi connectivity index (χ0n) is 10.8. The lowest BCUT2D eigenvalue weighted by atomic mass is 10.0. The molecule has 3 rings (SSSR count). The summed E-state index contributed by atoms with van der Waals surface area (Å²) in [5.41, 5.74) is 3.36. The topological polar surface area (TPSA) is 21.6 Å². The third-order valence-corrected chi connectivity index (χ3v) is 3.15. The monoisotopic (exact) mass is 249 g/mol. The van der Waals surface area contributed by atoms with Gasteiger partial charge in [-0.05, 0) is 18.1 Å². The first kappa shape index (κ1) is 11.7. The lowest BCUT2D eigenvalue weighted by Gasteiger charge is -2.23. The highest BCUT2D eigenvalue weighted by Gasteiger charge is 2.19. The van der Waals surface area contributed by atoms with Gasteiger partial charge in [-0.1, -0.05) is 60.7 Å². The van der Waals surface area contributed by atoms with Crippen LogP contribution < -0.4 is 0 Å². The standard InChI is InChI=1S/C17H15NO/c1-13-12-18-17(13)19-16(14-8-4-2-5-9-14)15-10-6-3-7-11-15/h2-12,16H,1H3. The summed E-state index contributed by atoms with van der Waals surface area (Å²) in [6, 6.07) is 20.5. The van der Waals surface area contributed by atoms with Crippen LogP contribution in [0.3, 0.4) is 0 Å². The number of nitrogens with zero attached hydrogens (tertiary/aromatic N) is 1. The zero-order valence-corrected chi connectivity index (χ0v) is 10.8. The Balaban J connectivity index is 1.94. The van der Waals surface area contributed by atoms with Crippen LogP contribution in [-0.2, 0) is 4.74 Å². The van der Waals surface area contributed by atoms with Crippen molar-refractivity contribution in [3.63, 3.8) is 0 Å². The third kappa shape index (κ3) is 2.43. The van der Waals surface area contributed by atoms with Crippen molar-refractivity contribution in [3.05, 3.63) is 83.2 Å². The highest BCUT2D eigenvalue weighted by Crippen LogP contribution is 2.30. The average Bonchev–Trinajstić information content (AvgIpc) is 2.48. The van der Waals surface area contributed by atoms with Crippen molar-refractivity contribution in [2.45, 2.75) is 13.0 Å². The fraction of sp³-hybridized carbons (Fsp3) is 0.118. The molecule has 0 aliphatic carbocycles. The van der Waals surface area contributed by atoms with Gasteiger partial charge in [0.25, 0.3) is 0 Å². The fourth-order valence-corrected chi connectivity index (χ4v) is 2.07. The molecule has 0 saturated heterocycles. The van der Waals surface area contributed by atoms with Crippen LogP contribution in [0.1, 0.15) is 24.2 Å². The van der Waals surface area contributed by atoms with Crippen LogP contribution in [0.25, 0.3) is 0 Å². The molecule has 2 heteroatoms. The van der Waals surface area contributed by atoms with Crippen molar-refractivity contribution >= 4 is 6.21 Å². The van der Waals surface area contributed by atoms with E-state index >= 15 is 0 Å². The second kappa shape index (κ2) is 5.11. The van der Waals surface area contributed by atoms with Gasteiger partial charge in [-0.15, -0.1) is 0 Å². The largest absolute Gasteiger partial charge is 0.464 e. The molecule has 1 heterocycles. The predicted molar refractivity (Wildman–Crippen MR) is 77.0 cm³/mol. The van der Waals surface area contributed by atoms with Gasteiger partial charge in [-0.25, -0.2) is 4.99 Å². The van der Waals surface area contributed by atoms with Crippen molar-refractivity contribution in [1.29, 1.82) is 0 Å². The first-order valence-corrected chi connectivity index (χ1v) is 6.36. The molecule has 0 bridgehead atoms. The van der Waals surface area contributed by atoms with Crippen molar-refractivity contribution in [2.75, 3.05) is 0 Å². The third-order valence-electron chi connectivity index (χ3n) is 3.15. The van der Waals surface area contributed by atoms with Gasteiger partial charge in [0, 0.05) is 11.8 Å². The first-order valence-electron chi connectivity index (χ1n) is 6.36. The molecular weight excluding hydrogens is 234 g/mol. The summed E-state index contributed by atoms with van der Waals surface area (Å²) in [7, 11) is 0. The SMILES string of the molecule is CC1=C(OC(c2ccccc2)c2ccccc2)N=C1. The number of hydrogen-bond donors (Lipinski definition) is 0. The molecule has 1 aliphatic rings. The van der Waals surface area contributed by atoms with Gasteiger partial charge in [0.2, 0.25) is 5.88 Å². The molecule has 2 aromatic carbocycles. The van der Waals surface area contributed by atoms with Crippen LogP contribution in [0.5, 0.6) is 0 Å². The summed E-state index contributed by atoms with van der Waals surface area (Å²) in [4.78, 5) is 4.17. The minimum atomic E-state index is -0.107. The highest BCUT2D eigenvalue weighted by molar-refractivity contribution is 5.85. The lowest BCUT2D eigenvalue weighted by molar-refractivity contribution is 0.144. The number of rotatable bonds is 4. The second-order valence-electron chi connectivity index (χ2n) is 4.57. The van der Waals surface area contributed by atoms with E-state index in [1.165, 1.54) is 0 Å². The Hall–Kier alpha value is -2.35. The van der Waals surface area contributed by atoms with E-state index in [1.54, 1.807) is 0 Å². The van der Waals surface area contributed by atoms with E-state index in [0.29, 0.717) is 0 Å². The quantitative estimate of drug-likeness (QED) is 0.799. The summed E-state index contributed by atoms with van der Waals surface area (Å²) in [6.07, 6.45) is 1.72. The van der Waals surface area contributed by atoms with Gasteiger partial charge in [-0.2, -0.15) is 0 Å². The maximum Gasteiger partial charge on any atom is 0.218 e. The molecule has 0 radical (unpaired) electrons. The predicted octanol–water partition coefficient (Wildman–Crippen LogP) is 4.11. The summed E-state index contributed by atoms with van der Waals surface area (Å²) in [5.74, 6) is 0.734. The van der Waals surface area contributed by atoms with Crippen molar-refractivity contribution in [2.24, 2.45) is 4.99 Å². The molecule has 0 spiro atoms. The Labute approximate surface area is 113 Å². The number of allylic oxidation sites excluding steroid dienone is 1. The maximum atomic E-state index is 6.05. The molecule has 0 fully saturated rings. The molecule has 0 saturated carbocycles. The van der Waals surface area contributed by atoms with Crippen LogP contribution in [0, 0.1) is 0 Å². The molecule has 2 aromatic rings. The Bertz CT molecular complexity index is 575. The minimum absolute atomic E-state index is 0.107. The van der Waals surface area contributed by atoms with Crippen LogP contribution in [0.4, 0.5) is 0 Å². The molecule has 1 aliphatic heterocycles. The molecule has 19 heavy (non-hydrogen) atoms.